The minimum Gasteiger partial charge on any atom is -0.326 e. The number of hydrogen-bond donors (Lipinski definition) is 2. The number of aromatic amines is 1. The van der Waals surface area contributed by atoms with Gasteiger partial charge in [-0.25, -0.2) is 4.98 Å². The first-order valence-corrected chi connectivity index (χ1v) is 9.68. The number of hydrogen-bond acceptors (Lipinski definition) is 4. The van der Waals surface area contributed by atoms with Crippen molar-refractivity contribution in [3.05, 3.63) is 70.3 Å². The van der Waals surface area contributed by atoms with E-state index in [0.29, 0.717) is 23.1 Å². The van der Waals surface area contributed by atoms with Crippen molar-refractivity contribution in [3.8, 4) is 0 Å². The van der Waals surface area contributed by atoms with Crippen LogP contribution in [0.5, 0.6) is 0 Å². The van der Waals surface area contributed by atoms with Gasteiger partial charge in [0.25, 0.3) is 5.56 Å². The molecule has 28 heavy (non-hydrogen) atoms. The fourth-order valence-corrected chi connectivity index (χ4v) is 3.16. The Kier molecular flexibility index (Phi) is 6.55. The number of carbonyl (C=O) groups excluding carboxylic acids is 1. The summed E-state index contributed by atoms with van der Waals surface area (Å²) in [6, 6.07) is 15.1. The van der Waals surface area contributed by atoms with E-state index in [1.165, 1.54) is 5.56 Å². The summed E-state index contributed by atoms with van der Waals surface area (Å²) >= 11 is 0. The van der Waals surface area contributed by atoms with Crippen LogP contribution in [0.15, 0.2) is 53.3 Å². The normalized spacial score (nSPS) is 11.1. The maximum absolute atomic E-state index is 12.3. The monoisotopic (exact) mass is 378 g/mol. The van der Waals surface area contributed by atoms with Gasteiger partial charge in [-0.15, -0.1) is 0 Å². The number of amides is 1. The zero-order chi connectivity index (χ0) is 19.9. The molecule has 0 bridgehead atoms. The fraction of sp³-hybridized carbons (Fsp3) is 0.318. The van der Waals surface area contributed by atoms with Crippen LogP contribution in [0.3, 0.4) is 0 Å². The third kappa shape index (κ3) is 5.04. The molecule has 1 amide bonds. The van der Waals surface area contributed by atoms with Crippen LogP contribution in [0.1, 0.15) is 31.7 Å². The van der Waals surface area contributed by atoms with Gasteiger partial charge in [-0.2, -0.15) is 0 Å². The minimum absolute atomic E-state index is 0.101. The number of aromatic nitrogens is 2. The number of rotatable bonds is 8. The molecule has 0 aliphatic carbocycles. The highest BCUT2D eigenvalue weighted by Crippen LogP contribution is 2.13. The van der Waals surface area contributed by atoms with Gasteiger partial charge in [0.05, 0.1) is 10.9 Å². The van der Waals surface area contributed by atoms with E-state index in [-0.39, 0.29) is 17.9 Å². The molecule has 1 aromatic heterocycles. The maximum Gasteiger partial charge on any atom is 0.258 e. The topological polar surface area (TPSA) is 78.1 Å². The van der Waals surface area contributed by atoms with E-state index in [4.69, 9.17) is 0 Å². The van der Waals surface area contributed by atoms with Gasteiger partial charge < -0.3 is 10.3 Å². The minimum atomic E-state index is -0.176. The second kappa shape index (κ2) is 9.28. The summed E-state index contributed by atoms with van der Waals surface area (Å²) in [7, 11) is 0. The van der Waals surface area contributed by atoms with Gasteiger partial charge >= 0.3 is 0 Å². The molecule has 0 saturated heterocycles. The average molecular weight is 378 g/mol. The van der Waals surface area contributed by atoms with Crippen LogP contribution >= 0.6 is 0 Å². The fourth-order valence-electron chi connectivity index (χ4n) is 3.16. The SMILES string of the molecule is CCN(CC)Cc1cccc(NC(=O)CCc2nc3ccccc3c(=O)[nH]2)c1. The summed E-state index contributed by atoms with van der Waals surface area (Å²) in [6.45, 7) is 7.12. The van der Waals surface area contributed by atoms with E-state index in [1.54, 1.807) is 18.2 Å². The predicted molar refractivity (Wildman–Crippen MR) is 112 cm³/mol. The Bertz CT molecular complexity index is 1010. The van der Waals surface area contributed by atoms with E-state index in [2.05, 4.69) is 40.1 Å². The molecule has 0 spiro atoms. The molecular weight excluding hydrogens is 352 g/mol. The van der Waals surface area contributed by atoms with Crippen molar-refractivity contribution in [3.63, 3.8) is 0 Å². The molecule has 0 saturated carbocycles. The number of nitrogens with one attached hydrogen (secondary N) is 2. The molecule has 0 aliphatic rings. The quantitative estimate of drug-likeness (QED) is 0.630. The van der Waals surface area contributed by atoms with Gasteiger partial charge in [0, 0.05) is 25.1 Å². The summed E-state index contributed by atoms with van der Waals surface area (Å²) in [6.07, 6.45) is 0.632. The summed E-state index contributed by atoms with van der Waals surface area (Å²) < 4.78 is 0. The van der Waals surface area contributed by atoms with Gasteiger partial charge in [-0.1, -0.05) is 38.1 Å². The molecule has 6 nitrogen and oxygen atoms in total. The molecule has 2 aromatic carbocycles. The van der Waals surface area contributed by atoms with Crippen molar-refractivity contribution in [2.24, 2.45) is 0 Å². The summed E-state index contributed by atoms with van der Waals surface area (Å²) in [5, 5.41) is 3.49. The number of H-pyrrole nitrogens is 1. The van der Waals surface area contributed by atoms with E-state index in [0.717, 1.165) is 25.3 Å². The van der Waals surface area contributed by atoms with E-state index < -0.39 is 0 Å². The Morgan fingerprint density at radius 2 is 1.89 bits per heavy atom. The summed E-state index contributed by atoms with van der Waals surface area (Å²) in [4.78, 5) is 34.0. The molecule has 6 heteroatoms. The number of benzene rings is 2. The number of aryl methyl sites for hydroxylation is 1. The largest absolute Gasteiger partial charge is 0.326 e. The van der Waals surface area contributed by atoms with Crippen molar-refractivity contribution >= 4 is 22.5 Å². The highest BCUT2D eigenvalue weighted by molar-refractivity contribution is 5.90. The van der Waals surface area contributed by atoms with Crippen LogP contribution in [0.2, 0.25) is 0 Å². The summed E-state index contributed by atoms with van der Waals surface area (Å²) in [5.74, 6) is 0.421. The second-order valence-electron chi connectivity index (χ2n) is 6.74. The molecule has 0 unspecified atom stereocenters. The molecule has 0 radical (unpaired) electrons. The van der Waals surface area contributed by atoms with E-state index in [1.807, 2.05) is 24.3 Å². The Morgan fingerprint density at radius 3 is 2.68 bits per heavy atom. The zero-order valence-electron chi connectivity index (χ0n) is 16.4. The molecule has 146 valence electrons. The molecule has 1 heterocycles. The molecule has 0 atom stereocenters. The zero-order valence-corrected chi connectivity index (χ0v) is 16.4. The number of para-hydroxylation sites is 1. The smallest absolute Gasteiger partial charge is 0.258 e. The lowest BCUT2D eigenvalue weighted by atomic mass is 10.1. The maximum atomic E-state index is 12.3. The van der Waals surface area contributed by atoms with Crippen molar-refractivity contribution in [2.45, 2.75) is 33.2 Å². The van der Waals surface area contributed by atoms with E-state index in [9.17, 15) is 9.59 Å². The van der Waals surface area contributed by atoms with Gasteiger partial charge in [0.2, 0.25) is 5.91 Å². The number of fused-ring (bicyclic) bond motifs is 1. The van der Waals surface area contributed by atoms with Crippen LogP contribution in [0.4, 0.5) is 5.69 Å². The first-order valence-electron chi connectivity index (χ1n) is 9.68. The third-order valence-corrected chi connectivity index (χ3v) is 4.76. The Balaban J connectivity index is 1.61. The third-order valence-electron chi connectivity index (χ3n) is 4.76. The Hall–Kier alpha value is -2.99. The molecular formula is C22H26N4O2. The summed E-state index contributed by atoms with van der Waals surface area (Å²) in [5.41, 5.74) is 2.42. The molecule has 3 aromatic rings. The lowest BCUT2D eigenvalue weighted by Crippen LogP contribution is -2.22. The van der Waals surface area contributed by atoms with Crippen LogP contribution < -0.4 is 10.9 Å². The number of carbonyl (C=O) groups is 1. The molecule has 2 N–H and O–H groups in total. The highest BCUT2D eigenvalue weighted by atomic mass is 16.1. The molecule has 3 rings (SSSR count). The molecule has 0 fully saturated rings. The standard InChI is InChI=1S/C22H26N4O2/c1-3-26(4-2)15-16-8-7-9-17(14-16)23-21(27)13-12-20-24-19-11-6-5-10-18(19)22(28)25-20/h5-11,14H,3-4,12-13,15H2,1-2H3,(H,23,27)(H,24,25,28). The van der Waals surface area contributed by atoms with Gasteiger partial charge in [-0.05, 0) is 42.9 Å². The second-order valence-corrected chi connectivity index (χ2v) is 6.74. The number of nitrogens with zero attached hydrogens (tertiary/aromatic N) is 2. The van der Waals surface area contributed by atoms with Crippen LogP contribution in [-0.4, -0.2) is 33.9 Å². The lowest BCUT2D eigenvalue weighted by molar-refractivity contribution is -0.116. The van der Waals surface area contributed by atoms with E-state index >= 15 is 0 Å². The van der Waals surface area contributed by atoms with Gasteiger partial charge in [-0.3, -0.25) is 14.5 Å². The van der Waals surface area contributed by atoms with Crippen molar-refractivity contribution in [1.82, 2.24) is 14.9 Å². The van der Waals surface area contributed by atoms with Crippen LogP contribution in [0.25, 0.3) is 10.9 Å². The van der Waals surface area contributed by atoms with Gasteiger partial charge in [0.1, 0.15) is 5.82 Å². The van der Waals surface area contributed by atoms with Crippen molar-refractivity contribution in [2.75, 3.05) is 18.4 Å². The van der Waals surface area contributed by atoms with Crippen LogP contribution in [0, 0.1) is 0 Å². The predicted octanol–water partition coefficient (Wildman–Crippen LogP) is 3.34. The van der Waals surface area contributed by atoms with Crippen molar-refractivity contribution < 1.29 is 4.79 Å². The highest BCUT2D eigenvalue weighted by Gasteiger charge is 2.08. The average Bonchev–Trinajstić information content (AvgIpc) is 2.71. The number of anilines is 1. The first-order chi connectivity index (χ1) is 13.6. The van der Waals surface area contributed by atoms with Gasteiger partial charge in [0.15, 0.2) is 0 Å². The first kappa shape index (κ1) is 19.8. The lowest BCUT2D eigenvalue weighted by Gasteiger charge is -2.18. The van der Waals surface area contributed by atoms with Crippen molar-refractivity contribution in [1.29, 1.82) is 0 Å². The van der Waals surface area contributed by atoms with Crippen LogP contribution in [-0.2, 0) is 17.8 Å². The molecule has 0 aliphatic heterocycles. The Labute approximate surface area is 164 Å². The Morgan fingerprint density at radius 1 is 1.11 bits per heavy atom.